The summed E-state index contributed by atoms with van der Waals surface area (Å²) >= 11 is 1.15. The lowest BCUT2D eigenvalue weighted by molar-refractivity contribution is -0.149. The van der Waals surface area contributed by atoms with Crippen molar-refractivity contribution in [3.63, 3.8) is 0 Å². The molecule has 2 aromatic rings. The molecular formula is C26H26F3N5O7S. The SMILES string of the molecule is CN1CCN(c2c(F)cc3c(=O)c(C(=O)OCC4=C(C(=O)O)N5C(=O)C(NC=O)[C@H]5SC4)cn(CCF)c3c2F)CC1. The predicted octanol–water partition coefficient (Wildman–Crippen LogP) is 0.526. The minimum absolute atomic E-state index is 0.0374. The fourth-order valence-corrected chi connectivity index (χ4v) is 6.67. The molecule has 1 aromatic carbocycles. The van der Waals surface area contributed by atoms with Gasteiger partial charge in [0.1, 0.15) is 47.5 Å². The molecule has 1 unspecified atom stereocenters. The van der Waals surface area contributed by atoms with Crippen molar-refractivity contribution in [3.8, 4) is 0 Å². The Morgan fingerprint density at radius 3 is 2.57 bits per heavy atom. The highest BCUT2D eigenvalue weighted by atomic mass is 32.2. The number of esters is 1. The van der Waals surface area contributed by atoms with Crippen LogP contribution in [0.15, 0.2) is 28.3 Å². The summed E-state index contributed by atoms with van der Waals surface area (Å²) in [6.45, 7) is -0.260. The first kappa shape index (κ1) is 29.4. The number of anilines is 1. The van der Waals surface area contributed by atoms with E-state index in [-0.39, 0.29) is 22.5 Å². The van der Waals surface area contributed by atoms with Gasteiger partial charge in [0.2, 0.25) is 11.8 Å². The van der Waals surface area contributed by atoms with Crippen LogP contribution in [-0.4, -0.2) is 107 Å². The number of nitrogens with zero attached hydrogens (tertiary/aromatic N) is 4. The van der Waals surface area contributed by atoms with Gasteiger partial charge in [0, 0.05) is 43.7 Å². The normalized spacial score (nSPS) is 20.8. The molecule has 3 aliphatic heterocycles. The maximum Gasteiger partial charge on any atom is 0.352 e. The lowest BCUT2D eigenvalue weighted by Crippen LogP contribution is -2.69. The van der Waals surface area contributed by atoms with Crippen molar-refractivity contribution in [2.75, 3.05) is 57.2 Å². The molecule has 16 heteroatoms. The minimum atomic E-state index is -1.46. The zero-order valence-electron chi connectivity index (χ0n) is 22.3. The summed E-state index contributed by atoms with van der Waals surface area (Å²) in [5.41, 5.74) is -2.71. The molecule has 224 valence electrons. The van der Waals surface area contributed by atoms with Gasteiger partial charge >= 0.3 is 11.9 Å². The first-order valence-electron chi connectivity index (χ1n) is 12.9. The summed E-state index contributed by atoms with van der Waals surface area (Å²) in [5, 5.41) is 10.9. The second-order valence-corrected chi connectivity index (χ2v) is 11.1. The minimum Gasteiger partial charge on any atom is -0.477 e. The van der Waals surface area contributed by atoms with Gasteiger partial charge in [-0.25, -0.2) is 22.8 Å². The molecule has 2 saturated heterocycles. The van der Waals surface area contributed by atoms with Crippen LogP contribution in [0.4, 0.5) is 18.9 Å². The van der Waals surface area contributed by atoms with Gasteiger partial charge in [0.25, 0.3) is 5.91 Å². The number of likely N-dealkylation sites (N-methyl/N-ethyl adjacent to an activating group) is 1. The molecule has 0 aliphatic carbocycles. The molecule has 2 atom stereocenters. The van der Waals surface area contributed by atoms with E-state index < -0.39 is 82.8 Å². The first-order chi connectivity index (χ1) is 20.1. The first-order valence-corrected chi connectivity index (χ1v) is 13.9. The zero-order valence-corrected chi connectivity index (χ0v) is 23.1. The van der Waals surface area contributed by atoms with Gasteiger partial charge in [-0.05, 0) is 13.1 Å². The number of aliphatic carboxylic acids is 1. The Morgan fingerprint density at radius 2 is 1.93 bits per heavy atom. The van der Waals surface area contributed by atoms with E-state index in [1.54, 1.807) is 0 Å². The monoisotopic (exact) mass is 609 g/mol. The average Bonchev–Trinajstić information content (AvgIpc) is 2.96. The van der Waals surface area contributed by atoms with Crippen molar-refractivity contribution in [2.24, 2.45) is 0 Å². The number of aromatic nitrogens is 1. The molecule has 12 nitrogen and oxygen atoms in total. The number of β-lactam (4-membered cyclic amide) rings is 1. The number of alkyl halides is 1. The van der Waals surface area contributed by atoms with E-state index in [4.69, 9.17) is 4.74 Å². The number of nitrogens with one attached hydrogen (secondary N) is 1. The van der Waals surface area contributed by atoms with Gasteiger partial charge in [-0.15, -0.1) is 11.8 Å². The number of hydrogen-bond acceptors (Lipinski definition) is 9. The molecule has 0 bridgehead atoms. The number of ether oxygens (including phenoxy) is 1. The highest BCUT2D eigenvalue weighted by Crippen LogP contribution is 2.40. The predicted molar refractivity (Wildman–Crippen MR) is 145 cm³/mol. The number of carbonyl (C=O) groups is 4. The molecule has 0 spiro atoms. The summed E-state index contributed by atoms with van der Waals surface area (Å²) in [6.07, 6.45) is 1.28. The van der Waals surface area contributed by atoms with Crippen LogP contribution < -0.4 is 15.6 Å². The maximum atomic E-state index is 15.8. The molecule has 2 amide bonds. The van der Waals surface area contributed by atoms with Crippen LogP contribution in [0.2, 0.25) is 0 Å². The van der Waals surface area contributed by atoms with E-state index in [1.165, 1.54) is 4.90 Å². The number of halogens is 3. The molecule has 5 rings (SSSR count). The molecular weight excluding hydrogens is 583 g/mol. The fraction of sp³-hybridized carbons (Fsp3) is 0.423. The van der Waals surface area contributed by atoms with E-state index in [1.807, 2.05) is 11.9 Å². The number of piperazine rings is 1. The largest absolute Gasteiger partial charge is 0.477 e. The number of carbonyl (C=O) groups excluding carboxylic acids is 3. The smallest absolute Gasteiger partial charge is 0.352 e. The summed E-state index contributed by atoms with van der Waals surface area (Å²) in [4.78, 5) is 65.9. The van der Waals surface area contributed by atoms with Crippen molar-refractivity contribution in [3.05, 3.63) is 51.0 Å². The Kier molecular flexibility index (Phi) is 8.19. The maximum absolute atomic E-state index is 15.8. The summed E-state index contributed by atoms with van der Waals surface area (Å²) < 4.78 is 50.8. The van der Waals surface area contributed by atoms with Gasteiger partial charge in [-0.2, -0.15) is 0 Å². The van der Waals surface area contributed by atoms with Gasteiger partial charge in [0.05, 0.1) is 17.4 Å². The topological polar surface area (TPSA) is 141 Å². The van der Waals surface area contributed by atoms with Crippen molar-refractivity contribution in [1.29, 1.82) is 0 Å². The molecule has 42 heavy (non-hydrogen) atoms. The quantitative estimate of drug-likeness (QED) is 0.235. The molecule has 3 aliphatic rings. The standard InChI is InChI=1S/C26H26F3N5O7S/c1-31-4-6-32(7-5-31)21-16(28)8-14-20(17(21)29)33(3-2-27)9-15(22(14)36)26(40)41-10-13-11-42-24-18(30-12-35)23(37)34(24)19(13)25(38)39/h8-9,12,18,24H,2-7,10-11H2,1H3,(H,30,35)(H,38,39)/t18?,24-/m1/s1. The number of fused-ring (bicyclic) bond motifs is 2. The van der Waals surface area contributed by atoms with Crippen LogP contribution in [-0.2, 0) is 25.7 Å². The molecule has 4 heterocycles. The van der Waals surface area contributed by atoms with Gasteiger partial charge < -0.3 is 29.5 Å². The van der Waals surface area contributed by atoms with Gasteiger partial charge in [0.15, 0.2) is 5.82 Å². The van der Waals surface area contributed by atoms with Crippen LogP contribution in [0.1, 0.15) is 10.4 Å². The molecule has 2 fully saturated rings. The number of thioether (sulfide) groups is 1. The highest BCUT2D eigenvalue weighted by molar-refractivity contribution is 8.00. The number of rotatable bonds is 9. The molecule has 0 radical (unpaired) electrons. The number of aryl methyl sites for hydroxylation is 1. The Bertz CT molecular complexity index is 1570. The third kappa shape index (κ3) is 4.98. The second-order valence-electron chi connectivity index (χ2n) is 9.97. The summed E-state index contributed by atoms with van der Waals surface area (Å²) in [5.74, 6) is -5.35. The number of amides is 2. The summed E-state index contributed by atoms with van der Waals surface area (Å²) in [7, 11) is 1.88. The van der Waals surface area contributed by atoms with Crippen LogP contribution >= 0.6 is 11.8 Å². The number of hydrogen-bond donors (Lipinski definition) is 2. The van der Waals surface area contributed by atoms with Crippen LogP contribution in [0.3, 0.4) is 0 Å². The van der Waals surface area contributed by atoms with Crippen molar-refractivity contribution in [1.82, 2.24) is 19.7 Å². The van der Waals surface area contributed by atoms with Crippen molar-refractivity contribution < 1.29 is 42.2 Å². The lowest BCUT2D eigenvalue weighted by Gasteiger charge is -2.48. The number of benzene rings is 1. The van der Waals surface area contributed by atoms with Gasteiger partial charge in [-0.3, -0.25) is 19.3 Å². The van der Waals surface area contributed by atoms with E-state index in [0.717, 1.165) is 33.5 Å². The Hall–Kier alpha value is -4.05. The third-order valence-corrected chi connectivity index (χ3v) is 8.81. The molecule has 2 N–H and O–H groups in total. The molecule has 1 aromatic heterocycles. The van der Waals surface area contributed by atoms with Gasteiger partial charge in [-0.1, -0.05) is 0 Å². The van der Waals surface area contributed by atoms with Crippen molar-refractivity contribution >= 4 is 52.6 Å². The Labute approximate surface area is 240 Å². The fourth-order valence-electron chi connectivity index (χ4n) is 5.33. The van der Waals surface area contributed by atoms with E-state index in [9.17, 15) is 33.5 Å². The zero-order chi connectivity index (χ0) is 30.3. The number of pyridine rings is 1. The van der Waals surface area contributed by atoms with E-state index in [2.05, 4.69) is 5.32 Å². The van der Waals surface area contributed by atoms with Crippen LogP contribution in [0.5, 0.6) is 0 Å². The Morgan fingerprint density at radius 1 is 1.21 bits per heavy atom. The lowest BCUT2D eigenvalue weighted by atomic mass is 10.0. The summed E-state index contributed by atoms with van der Waals surface area (Å²) in [6, 6.07) is -0.0719. The third-order valence-electron chi connectivity index (χ3n) is 7.47. The van der Waals surface area contributed by atoms with Crippen LogP contribution in [0, 0.1) is 11.6 Å². The highest BCUT2D eigenvalue weighted by Gasteiger charge is 2.53. The molecule has 0 saturated carbocycles. The number of carboxylic acids is 1. The second kappa shape index (κ2) is 11.7. The van der Waals surface area contributed by atoms with Crippen LogP contribution in [0.25, 0.3) is 10.9 Å². The van der Waals surface area contributed by atoms with E-state index in [0.29, 0.717) is 32.6 Å². The number of carboxylic acid groups (broad SMARTS) is 1. The Balaban J connectivity index is 1.46. The van der Waals surface area contributed by atoms with Crippen molar-refractivity contribution in [2.45, 2.75) is 18.0 Å². The van der Waals surface area contributed by atoms with E-state index >= 15 is 8.78 Å². The average molecular weight is 610 g/mol.